The van der Waals surface area contributed by atoms with Crippen molar-refractivity contribution in [3.05, 3.63) is 5.82 Å². The van der Waals surface area contributed by atoms with Crippen molar-refractivity contribution in [2.45, 2.75) is 70.0 Å². The number of likely N-dealkylation sites (tertiary alicyclic amines) is 1. The van der Waals surface area contributed by atoms with E-state index >= 15 is 0 Å². The summed E-state index contributed by atoms with van der Waals surface area (Å²) >= 11 is 0. The molecule has 0 radical (unpaired) electrons. The first kappa shape index (κ1) is 16.8. The van der Waals surface area contributed by atoms with Crippen LogP contribution in [0.3, 0.4) is 0 Å². The van der Waals surface area contributed by atoms with E-state index in [2.05, 4.69) is 31.1 Å². The summed E-state index contributed by atoms with van der Waals surface area (Å²) in [7, 11) is 0. The first-order valence-electron chi connectivity index (χ1n) is 9.76. The molecular formula is C17H29N7O. The van der Waals surface area contributed by atoms with E-state index in [1.54, 1.807) is 0 Å². The van der Waals surface area contributed by atoms with Crippen molar-refractivity contribution in [3.63, 3.8) is 0 Å². The van der Waals surface area contributed by atoms with Gasteiger partial charge in [0, 0.05) is 25.7 Å². The van der Waals surface area contributed by atoms with Crippen LogP contribution in [0.1, 0.15) is 69.8 Å². The number of tetrazole rings is 1. The van der Waals surface area contributed by atoms with Crippen molar-refractivity contribution in [1.82, 2.24) is 35.7 Å². The molecule has 25 heavy (non-hydrogen) atoms. The summed E-state index contributed by atoms with van der Waals surface area (Å²) in [6.45, 7) is 5.20. The van der Waals surface area contributed by atoms with Gasteiger partial charge in [-0.05, 0) is 55.4 Å². The Morgan fingerprint density at radius 3 is 2.80 bits per heavy atom. The standard InChI is InChI=1S/C17H29N7O/c1-12(16-20-21-22-24(16)15-6-7-15)18-17(25)19-14-8-9-23(11-14)10-13-4-2-3-5-13/h12-15H,2-11H2,1H3,(H2,18,19,25). The summed E-state index contributed by atoms with van der Waals surface area (Å²) in [4.78, 5) is 14.8. The van der Waals surface area contributed by atoms with Crippen LogP contribution in [0.4, 0.5) is 4.79 Å². The largest absolute Gasteiger partial charge is 0.334 e. The highest BCUT2D eigenvalue weighted by Gasteiger charge is 2.31. The molecule has 1 aliphatic heterocycles. The SMILES string of the molecule is CC(NC(=O)NC1CCN(CC2CCCC2)C1)c1nnnn1C1CC1. The normalized spacial score (nSPS) is 26.0. The van der Waals surface area contributed by atoms with E-state index in [0.29, 0.717) is 6.04 Å². The molecule has 2 heterocycles. The van der Waals surface area contributed by atoms with E-state index in [-0.39, 0.29) is 18.1 Å². The van der Waals surface area contributed by atoms with Gasteiger partial charge in [-0.1, -0.05) is 12.8 Å². The number of aromatic nitrogens is 4. The second-order valence-electron chi connectivity index (χ2n) is 7.95. The molecule has 138 valence electrons. The van der Waals surface area contributed by atoms with Crippen LogP contribution in [0.15, 0.2) is 0 Å². The van der Waals surface area contributed by atoms with Gasteiger partial charge in [0.05, 0.1) is 12.1 Å². The average molecular weight is 347 g/mol. The van der Waals surface area contributed by atoms with E-state index < -0.39 is 0 Å². The fourth-order valence-electron chi connectivity index (χ4n) is 4.23. The zero-order chi connectivity index (χ0) is 17.2. The zero-order valence-electron chi connectivity index (χ0n) is 15.0. The second kappa shape index (κ2) is 7.27. The molecule has 1 aromatic heterocycles. The second-order valence-corrected chi connectivity index (χ2v) is 7.95. The summed E-state index contributed by atoms with van der Waals surface area (Å²) in [6.07, 6.45) is 8.81. The monoisotopic (exact) mass is 347 g/mol. The average Bonchev–Trinajstić information content (AvgIpc) is 3.01. The van der Waals surface area contributed by atoms with E-state index in [1.165, 1.54) is 32.2 Å². The Balaban J connectivity index is 1.22. The van der Waals surface area contributed by atoms with E-state index in [1.807, 2.05) is 11.6 Å². The lowest BCUT2D eigenvalue weighted by atomic mass is 10.1. The van der Waals surface area contributed by atoms with Crippen LogP contribution in [-0.2, 0) is 0 Å². The van der Waals surface area contributed by atoms with Crippen molar-refractivity contribution in [2.24, 2.45) is 5.92 Å². The van der Waals surface area contributed by atoms with Crippen LogP contribution in [-0.4, -0.2) is 56.8 Å². The summed E-state index contributed by atoms with van der Waals surface area (Å²) in [5.41, 5.74) is 0. The minimum absolute atomic E-state index is 0.120. The number of carbonyl (C=O) groups excluding carboxylic acids is 1. The summed E-state index contributed by atoms with van der Waals surface area (Å²) in [5.74, 6) is 1.61. The predicted molar refractivity (Wildman–Crippen MR) is 93.0 cm³/mol. The van der Waals surface area contributed by atoms with E-state index in [4.69, 9.17) is 0 Å². The number of urea groups is 1. The van der Waals surface area contributed by atoms with Crippen LogP contribution in [0, 0.1) is 5.92 Å². The highest BCUT2D eigenvalue weighted by molar-refractivity contribution is 5.74. The van der Waals surface area contributed by atoms with Gasteiger partial charge < -0.3 is 15.5 Å². The van der Waals surface area contributed by atoms with Gasteiger partial charge >= 0.3 is 6.03 Å². The molecule has 1 aromatic rings. The molecule has 1 saturated heterocycles. The van der Waals surface area contributed by atoms with Gasteiger partial charge in [-0.25, -0.2) is 9.48 Å². The number of carbonyl (C=O) groups is 1. The Kier molecular flexibility index (Phi) is 4.87. The van der Waals surface area contributed by atoms with Crippen LogP contribution < -0.4 is 10.6 Å². The van der Waals surface area contributed by atoms with Crippen molar-refractivity contribution in [2.75, 3.05) is 19.6 Å². The van der Waals surface area contributed by atoms with Gasteiger partial charge in [0.1, 0.15) is 0 Å². The minimum Gasteiger partial charge on any atom is -0.334 e. The van der Waals surface area contributed by atoms with E-state index in [9.17, 15) is 4.79 Å². The van der Waals surface area contributed by atoms with Gasteiger partial charge in [0.2, 0.25) is 0 Å². The molecule has 3 aliphatic rings. The van der Waals surface area contributed by atoms with Crippen LogP contribution >= 0.6 is 0 Å². The van der Waals surface area contributed by atoms with E-state index in [0.717, 1.165) is 44.1 Å². The first-order valence-corrected chi connectivity index (χ1v) is 9.76. The summed E-state index contributed by atoms with van der Waals surface area (Å²) in [5, 5.41) is 18.0. The van der Waals surface area contributed by atoms with Crippen molar-refractivity contribution >= 4 is 6.03 Å². The maximum atomic E-state index is 12.3. The van der Waals surface area contributed by atoms with Crippen LogP contribution in [0.2, 0.25) is 0 Å². The molecule has 2 N–H and O–H groups in total. The van der Waals surface area contributed by atoms with Gasteiger partial charge in [-0.3, -0.25) is 0 Å². The Morgan fingerprint density at radius 1 is 1.24 bits per heavy atom. The fraction of sp³-hybridized carbons (Fsp3) is 0.882. The third-order valence-electron chi connectivity index (χ3n) is 5.74. The lowest BCUT2D eigenvalue weighted by molar-refractivity contribution is 0.231. The molecule has 2 atom stereocenters. The highest BCUT2D eigenvalue weighted by atomic mass is 16.2. The molecule has 8 nitrogen and oxygen atoms in total. The number of hydrogen-bond acceptors (Lipinski definition) is 5. The Bertz CT molecular complexity index is 594. The molecule has 0 bridgehead atoms. The molecule has 3 fully saturated rings. The molecule has 2 amide bonds. The third-order valence-corrected chi connectivity index (χ3v) is 5.74. The molecule has 2 aliphatic carbocycles. The van der Waals surface area contributed by atoms with Gasteiger partial charge in [0.15, 0.2) is 5.82 Å². The topological polar surface area (TPSA) is 88.0 Å². The highest BCUT2D eigenvalue weighted by Crippen LogP contribution is 2.35. The van der Waals surface area contributed by atoms with Crippen molar-refractivity contribution in [3.8, 4) is 0 Å². The van der Waals surface area contributed by atoms with Gasteiger partial charge in [-0.15, -0.1) is 5.10 Å². The maximum absolute atomic E-state index is 12.3. The summed E-state index contributed by atoms with van der Waals surface area (Å²) in [6, 6.07) is 0.349. The quantitative estimate of drug-likeness (QED) is 0.817. The number of nitrogens with one attached hydrogen (secondary N) is 2. The Morgan fingerprint density at radius 2 is 2.04 bits per heavy atom. The van der Waals surface area contributed by atoms with Crippen LogP contribution in [0.5, 0.6) is 0 Å². The molecule has 8 heteroatoms. The molecule has 0 spiro atoms. The summed E-state index contributed by atoms with van der Waals surface area (Å²) < 4.78 is 1.85. The number of hydrogen-bond donors (Lipinski definition) is 2. The van der Waals surface area contributed by atoms with Gasteiger partial charge in [0.25, 0.3) is 0 Å². The zero-order valence-corrected chi connectivity index (χ0v) is 15.0. The number of amides is 2. The molecular weight excluding hydrogens is 318 g/mol. The maximum Gasteiger partial charge on any atom is 0.315 e. The Hall–Kier alpha value is -1.70. The van der Waals surface area contributed by atoms with Crippen LogP contribution in [0.25, 0.3) is 0 Å². The number of rotatable bonds is 6. The molecule has 2 saturated carbocycles. The Labute approximate surface area is 148 Å². The smallest absolute Gasteiger partial charge is 0.315 e. The molecule has 2 unspecified atom stereocenters. The first-order chi connectivity index (χ1) is 12.2. The third kappa shape index (κ3) is 4.11. The molecule has 4 rings (SSSR count). The number of nitrogens with zero attached hydrogens (tertiary/aromatic N) is 5. The van der Waals surface area contributed by atoms with Crippen molar-refractivity contribution < 1.29 is 4.79 Å². The van der Waals surface area contributed by atoms with Gasteiger partial charge in [-0.2, -0.15) is 0 Å². The minimum atomic E-state index is -0.188. The predicted octanol–water partition coefficient (Wildman–Crippen LogP) is 1.63. The fourth-order valence-corrected chi connectivity index (χ4v) is 4.23. The molecule has 0 aromatic carbocycles. The van der Waals surface area contributed by atoms with Crippen molar-refractivity contribution in [1.29, 1.82) is 0 Å². The lowest BCUT2D eigenvalue weighted by Crippen LogP contribution is -2.44. The lowest BCUT2D eigenvalue weighted by Gasteiger charge is -2.21.